The summed E-state index contributed by atoms with van der Waals surface area (Å²) < 4.78 is 37.3. The normalized spacial score (nSPS) is 11.8. The minimum atomic E-state index is -4.23. The molecular formula is C10H9Br2F3S. The second-order valence-corrected chi connectivity index (χ2v) is 5.98. The van der Waals surface area contributed by atoms with Crippen molar-refractivity contribution >= 4 is 43.6 Å². The second kappa shape index (κ2) is 6.31. The average Bonchev–Trinajstić information content (AvgIpc) is 2.10. The van der Waals surface area contributed by atoms with Gasteiger partial charge in [0.1, 0.15) is 0 Å². The van der Waals surface area contributed by atoms with E-state index in [1.807, 2.05) is 6.07 Å². The molecule has 6 heteroatoms. The van der Waals surface area contributed by atoms with Gasteiger partial charge in [-0.05, 0) is 48.4 Å². The molecule has 0 bridgehead atoms. The van der Waals surface area contributed by atoms with Gasteiger partial charge in [0.05, 0.1) is 0 Å². The molecule has 0 aliphatic rings. The highest BCUT2D eigenvalue weighted by Gasteiger charge is 2.29. The van der Waals surface area contributed by atoms with Crippen LogP contribution in [-0.4, -0.2) is 10.8 Å². The molecule has 0 saturated heterocycles. The van der Waals surface area contributed by atoms with Crippen molar-refractivity contribution in [2.45, 2.75) is 23.2 Å². The minimum absolute atomic E-state index is 0.0792. The van der Waals surface area contributed by atoms with E-state index in [0.29, 0.717) is 4.47 Å². The van der Waals surface area contributed by atoms with Crippen LogP contribution in [0.15, 0.2) is 27.6 Å². The molecule has 0 saturated carbocycles. The zero-order valence-corrected chi connectivity index (χ0v) is 12.1. The number of hydrogen-bond acceptors (Lipinski definition) is 1. The molecule has 90 valence electrons. The third kappa shape index (κ3) is 5.59. The maximum absolute atomic E-state index is 12.2. The lowest BCUT2D eigenvalue weighted by molar-refractivity contribution is -0.0328. The predicted molar refractivity (Wildman–Crippen MR) is 68.2 cm³/mol. The molecule has 0 nitrogen and oxygen atoms in total. The van der Waals surface area contributed by atoms with E-state index in [0.717, 1.165) is 23.7 Å². The van der Waals surface area contributed by atoms with Crippen LogP contribution in [0.1, 0.15) is 12.0 Å². The monoisotopic (exact) mass is 376 g/mol. The van der Waals surface area contributed by atoms with Crippen molar-refractivity contribution in [1.29, 1.82) is 0 Å². The summed E-state index contributed by atoms with van der Waals surface area (Å²) in [6, 6.07) is 4.92. The summed E-state index contributed by atoms with van der Waals surface area (Å²) in [5, 5.41) is 0.848. The zero-order chi connectivity index (χ0) is 12.2. The standard InChI is InChI=1S/C10H9Br2F3S/c11-3-1-2-7-4-8(12)6-9(5-7)16-10(13,14)15/h4-6H,1-3H2. The second-order valence-electron chi connectivity index (χ2n) is 3.14. The van der Waals surface area contributed by atoms with Gasteiger partial charge in [-0.2, -0.15) is 13.2 Å². The summed E-state index contributed by atoms with van der Waals surface area (Å²) in [6.07, 6.45) is 1.68. The lowest BCUT2D eigenvalue weighted by Crippen LogP contribution is -1.99. The van der Waals surface area contributed by atoms with Gasteiger partial charge in [0.2, 0.25) is 0 Å². The van der Waals surface area contributed by atoms with Gasteiger partial charge >= 0.3 is 5.51 Å². The summed E-state index contributed by atoms with van der Waals surface area (Å²) in [6.45, 7) is 0. The zero-order valence-electron chi connectivity index (χ0n) is 8.15. The van der Waals surface area contributed by atoms with Crippen molar-refractivity contribution in [2.24, 2.45) is 0 Å². The average molecular weight is 378 g/mol. The largest absolute Gasteiger partial charge is 0.446 e. The number of alkyl halides is 4. The number of rotatable bonds is 4. The fourth-order valence-corrected chi connectivity index (χ4v) is 2.86. The molecular weight excluding hydrogens is 369 g/mol. The lowest BCUT2D eigenvalue weighted by Gasteiger charge is -2.08. The molecule has 0 aliphatic carbocycles. The SMILES string of the molecule is FC(F)(F)Sc1cc(Br)cc(CCCBr)c1. The number of benzene rings is 1. The number of aryl methyl sites for hydroxylation is 1. The van der Waals surface area contributed by atoms with Gasteiger partial charge in [-0.25, -0.2) is 0 Å². The molecule has 1 rings (SSSR count). The predicted octanol–water partition coefficient (Wildman–Crippen LogP) is 5.39. The summed E-state index contributed by atoms with van der Waals surface area (Å²) in [5.41, 5.74) is -3.31. The quantitative estimate of drug-likeness (QED) is 0.500. The molecule has 0 aliphatic heterocycles. The van der Waals surface area contributed by atoms with E-state index in [2.05, 4.69) is 31.9 Å². The van der Waals surface area contributed by atoms with Crippen molar-refractivity contribution in [1.82, 2.24) is 0 Å². The Balaban J connectivity index is 2.81. The molecule has 0 unspecified atom stereocenters. The third-order valence-corrected chi connectivity index (χ3v) is 3.49. The molecule has 0 fully saturated rings. The first-order chi connectivity index (χ1) is 7.40. The van der Waals surface area contributed by atoms with E-state index in [4.69, 9.17) is 0 Å². The van der Waals surface area contributed by atoms with Crippen molar-refractivity contribution < 1.29 is 13.2 Å². The Kier molecular flexibility index (Phi) is 5.67. The van der Waals surface area contributed by atoms with Crippen LogP contribution in [0.2, 0.25) is 0 Å². The summed E-state index contributed by atoms with van der Waals surface area (Å²) in [5.74, 6) is 0. The Morgan fingerprint density at radius 3 is 2.44 bits per heavy atom. The highest BCUT2D eigenvalue weighted by atomic mass is 79.9. The minimum Gasteiger partial charge on any atom is -0.160 e. The molecule has 16 heavy (non-hydrogen) atoms. The van der Waals surface area contributed by atoms with Crippen LogP contribution in [0.4, 0.5) is 13.2 Å². The van der Waals surface area contributed by atoms with E-state index in [1.54, 1.807) is 6.07 Å². The van der Waals surface area contributed by atoms with E-state index >= 15 is 0 Å². The first-order valence-corrected chi connectivity index (χ1v) is 7.25. The van der Waals surface area contributed by atoms with E-state index in [-0.39, 0.29) is 16.7 Å². The maximum atomic E-state index is 12.2. The van der Waals surface area contributed by atoms with Crippen molar-refractivity contribution in [3.05, 3.63) is 28.2 Å². The summed E-state index contributed by atoms with van der Waals surface area (Å²) in [7, 11) is 0. The maximum Gasteiger partial charge on any atom is 0.446 e. The van der Waals surface area contributed by atoms with Gasteiger partial charge in [0.25, 0.3) is 0 Å². The van der Waals surface area contributed by atoms with Crippen molar-refractivity contribution in [2.75, 3.05) is 5.33 Å². The topological polar surface area (TPSA) is 0 Å². The van der Waals surface area contributed by atoms with Gasteiger partial charge in [0.15, 0.2) is 0 Å². The summed E-state index contributed by atoms with van der Waals surface area (Å²) >= 11 is 6.44. The molecule has 0 spiro atoms. The van der Waals surface area contributed by atoms with Crippen LogP contribution >= 0.6 is 43.6 Å². The molecule has 0 heterocycles. The number of halogens is 5. The van der Waals surface area contributed by atoms with E-state index in [9.17, 15) is 13.2 Å². The molecule has 1 aromatic rings. The molecule has 0 radical (unpaired) electrons. The fraction of sp³-hybridized carbons (Fsp3) is 0.400. The fourth-order valence-electron chi connectivity index (χ4n) is 1.23. The van der Waals surface area contributed by atoms with Crippen molar-refractivity contribution in [3.63, 3.8) is 0 Å². The van der Waals surface area contributed by atoms with E-state index in [1.165, 1.54) is 6.07 Å². The first-order valence-electron chi connectivity index (χ1n) is 4.52. The van der Waals surface area contributed by atoms with Crippen LogP contribution in [-0.2, 0) is 6.42 Å². The van der Waals surface area contributed by atoms with Crippen molar-refractivity contribution in [3.8, 4) is 0 Å². The van der Waals surface area contributed by atoms with Crippen LogP contribution < -0.4 is 0 Å². The number of hydrogen-bond donors (Lipinski definition) is 0. The van der Waals surface area contributed by atoms with Crippen LogP contribution in [0.3, 0.4) is 0 Å². The van der Waals surface area contributed by atoms with Gasteiger partial charge < -0.3 is 0 Å². The Hall–Kier alpha value is 0.320. The lowest BCUT2D eigenvalue weighted by atomic mass is 10.1. The molecule has 0 amide bonds. The van der Waals surface area contributed by atoms with Gasteiger partial charge in [0, 0.05) is 14.7 Å². The van der Waals surface area contributed by atoms with E-state index < -0.39 is 5.51 Å². The molecule has 0 atom stereocenters. The summed E-state index contributed by atoms with van der Waals surface area (Å²) in [4.78, 5) is 0.228. The number of thioether (sulfide) groups is 1. The van der Waals surface area contributed by atoms with Gasteiger partial charge in [-0.1, -0.05) is 31.9 Å². The van der Waals surface area contributed by atoms with Crippen LogP contribution in [0, 0.1) is 0 Å². The third-order valence-electron chi connectivity index (χ3n) is 1.76. The first kappa shape index (κ1) is 14.4. The molecule has 0 aromatic heterocycles. The van der Waals surface area contributed by atoms with Crippen LogP contribution in [0.5, 0.6) is 0 Å². The molecule has 0 N–H and O–H groups in total. The smallest absolute Gasteiger partial charge is 0.160 e. The Labute approximate surface area is 113 Å². The Bertz CT molecular complexity index is 352. The van der Waals surface area contributed by atoms with Gasteiger partial charge in [-0.3, -0.25) is 0 Å². The Morgan fingerprint density at radius 1 is 1.19 bits per heavy atom. The molecule has 1 aromatic carbocycles. The highest BCUT2D eigenvalue weighted by Crippen LogP contribution is 2.38. The van der Waals surface area contributed by atoms with Gasteiger partial charge in [-0.15, -0.1) is 0 Å². The van der Waals surface area contributed by atoms with Crippen LogP contribution in [0.25, 0.3) is 0 Å². The highest BCUT2D eigenvalue weighted by molar-refractivity contribution is 9.10. The Morgan fingerprint density at radius 2 is 1.88 bits per heavy atom.